The van der Waals surface area contributed by atoms with Crippen LogP contribution in [0.3, 0.4) is 0 Å². The number of carboxylic acid groups (broad SMARTS) is 1. The Labute approximate surface area is 454 Å². The first-order valence-electron chi connectivity index (χ1n) is 24.6. The quantitative estimate of drug-likeness (QED) is 0.0168. The molecule has 2 aliphatic rings. The van der Waals surface area contributed by atoms with E-state index in [0.29, 0.717) is 18.4 Å². The van der Waals surface area contributed by atoms with Gasteiger partial charge in [-0.2, -0.15) is 0 Å². The van der Waals surface area contributed by atoms with Crippen molar-refractivity contribution in [2.45, 2.75) is 101 Å². The molecule has 78 heavy (non-hydrogen) atoms. The van der Waals surface area contributed by atoms with Crippen molar-refractivity contribution in [3.05, 3.63) is 121 Å². The first-order valence-corrected chi connectivity index (χ1v) is 25.1. The van der Waals surface area contributed by atoms with Gasteiger partial charge in [0, 0.05) is 31.3 Å². The Kier molecular flexibility index (Phi) is 23.2. The fraction of sp³-hybridized carbons (Fsp3) is 0.407. The molecule has 0 bridgehead atoms. The second-order valence-electron chi connectivity index (χ2n) is 18.2. The van der Waals surface area contributed by atoms with Crippen LogP contribution in [0.25, 0.3) is 11.1 Å². The van der Waals surface area contributed by atoms with Crippen molar-refractivity contribution >= 4 is 65.7 Å². The molecule has 420 valence electrons. The Balaban J connectivity index is 1.24. The summed E-state index contributed by atoms with van der Waals surface area (Å²) in [5.74, 6) is -3.54. The molecular weight excluding hydrogens is 1040 g/mol. The number of halogens is 1. The smallest absolute Gasteiger partial charge is 0.479 e. The highest BCUT2D eigenvalue weighted by Gasteiger charge is 2.57. The monoisotopic (exact) mass is 1110 g/mol. The van der Waals surface area contributed by atoms with Crippen molar-refractivity contribution in [3.8, 4) is 16.9 Å². The van der Waals surface area contributed by atoms with E-state index >= 15 is 0 Å². The van der Waals surface area contributed by atoms with Crippen LogP contribution in [0.1, 0.15) is 69.1 Å². The number of rotatable bonds is 26. The van der Waals surface area contributed by atoms with Crippen LogP contribution in [-0.4, -0.2) is 135 Å². The summed E-state index contributed by atoms with van der Waals surface area (Å²) in [6.07, 6.45) is -12.1. The molecule has 0 saturated carbocycles. The van der Waals surface area contributed by atoms with Gasteiger partial charge in [0.15, 0.2) is 18.3 Å². The number of hydrogen-bond donors (Lipinski definition) is 5. The SMILES string of the molecule is C=CCOC(=O)O[C@@H]1[C@@H](OC(=O)OCC=C)[C@H](Oc2ccc(CCl)cc2NC(=O)CCNC(=O)C(CCCCNC(=O)OCC2c3ccccc3-c3ccccc32)NC(=O)OC(C)(C)C)O[C@H](C(=O)O)[C@H]1OC(=O)OCC=C. The Morgan fingerprint density at radius 1 is 0.718 bits per heavy atom. The minimum Gasteiger partial charge on any atom is -0.479 e. The predicted molar refractivity (Wildman–Crippen MR) is 279 cm³/mol. The van der Waals surface area contributed by atoms with Crippen molar-refractivity contribution < 1.29 is 90.8 Å². The highest BCUT2D eigenvalue weighted by atomic mass is 35.5. The van der Waals surface area contributed by atoms with Gasteiger partial charge in [0.05, 0.1) is 5.69 Å². The van der Waals surface area contributed by atoms with Crippen LogP contribution in [0.5, 0.6) is 5.75 Å². The Hall–Kier alpha value is -8.31. The van der Waals surface area contributed by atoms with Crippen LogP contribution in [-0.2, 0) is 62.9 Å². The van der Waals surface area contributed by atoms with Gasteiger partial charge in [-0.15, -0.1) is 11.6 Å². The standard InChI is InChI=1S/C54H63ClN4O19/c1-7-26-69-51(66)75-42-43(76-52(67)70-27-8-2)45(77-53(68)71-28-9-3)48(74-44(42)47(62)63)73-40-22-21-32(30-55)29-39(40)58-41(60)23-25-56-46(61)38(59-50(65)78-54(4,5)6)20-14-15-24-57-49(64)72-31-37-35-18-12-10-16-33(35)34-17-11-13-19-36(34)37/h7-13,16-19,21-22,29,37-38,42-45,48H,1-3,14-15,20,23-28,30-31H2,4-6H3,(H,56,61)(H,57,64)(H,58,60)(H,59,65)(H,62,63)/t38?,42-,43-,44-,45+,48+/m0/s1. The summed E-state index contributed by atoms with van der Waals surface area (Å²) in [6, 6.07) is 19.0. The molecule has 6 atom stereocenters. The number of unbranched alkanes of at least 4 members (excludes halogenated alkanes) is 1. The number of anilines is 1. The first kappa shape index (κ1) is 60.6. The normalized spacial score (nSPS) is 17.6. The van der Waals surface area contributed by atoms with E-state index < -0.39 is 90.8 Å². The van der Waals surface area contributed by atoms with Gasteiger partial charge in [-0.1, -0.05) is 92.6 Å². The van der Waals surface area contributed by atoms with Gasteiger partial charge in [0.1, 0.15) is 43.8 Å². The fourth-order valence-corrected chi connectivity index (χ4v) is 8.13. The summed E-state index contributed by atoms with van der Waals surface area (Å²) in [5.41, 5.74) is 3.82. The van der Waals surface area contributed by atoms with Crippen LogP contribution in [0, 0.1) is 0 Å². The number of fused-ring (bicyclic) bond motifs is 3. The molecule has 5 N–H and O–H groups in total. The molecule has 5 rings (SSSR count). The summed E-state index contributed by atoms with van der Waals surface area (Å²) < 4.78 is 53.7. The molecule has 1 aliphatic carbocycles. The molecule has 1 saturated heterocycles. The topological polar surface area (TPSA) is 297 Å². The third-order valence-electron chi connectivity index (χ3n) is 11.3. The maximum Gasteiger partial charge on any atom is 0.509 e. The fourth-order valence-electron chi connectivity index (χ4n) is 7.96. The number of ether oxygens (including phenoxy) is 10. The Morgan fingerprint density at radius 3 is 1.86 bits per heavy atom. The Bertz CT molecular complexity index is 2600. The lowest BCUT2D eigenvalue weighted by molar-refractivity contribution is -0.275. The molecule has 1 heterocycles. The lowest BCUT2D eigenvalue weighted by Crippen LogP contribution is -2.64. The van der Waals surface area contributed by atoms with E-state index in [1.807, 2.05) is 48.5 Å². The summed E-state index contributed by atoms with van der Waals surface area (Å²) in [4.78, 5) is 104. The maximum atomic E-state index is 13.6. The van der Waals surface area contributed by atoms with Crippen LogP contribution < -0.4 is 26.0 Å². The number of hydrogen-bond acceptors (Lipinski definition) is 18. The largest absolute Gasteiger partial charge is 0.509 e. The van der Waals surface area contributed by atoms with Gasteiger partial charge in [-0.05, 0) is 80.0 Å². The minimum atomic E-state index is -2.21. The van der Waals surface area contributed by atoms with Gasteiger partial charge < -0.3 is 73.7 Å². The summed E-state index contributed by atoms with van der Waals surface area (Å²) >= 11 is 6.14. The Morgan fingerprint density at radius 2 is 1.29 bits per heavy atom. The summed E-state index contributed by atoms with van der Waals surface area (Å²) in [7, 11) is 0. The molecule has 0 aromatic heterocycles. The molecule has 1 fully saturated rings. The van der Waals surface area contributed by atoms with Gasteiger partial charge >= 0.3 is 36.6 Å². The third kappa shape index (κ3) is 18.2. The van der Waals surface area contributed by atoms with E-state index in [4.69, 9.17) is 59.0 Å². The molecule has 3 aromatic carbocycles. The minimum absolute atomic E-state index is 0.0671. The van der Waals surface area contributed by atoms with Crippen molar-refractivity contribution in [1.82, 2.24) is 16.0 Å². The molecule has 3 aromatic rings. The lowest BCUT2D eigenvalue weighted by atomic mass is 9.98. The number of carbonyl (C=O) groups is 8. The molecular formula is C54H63ClN4O19. The third-order valence-corrected chi connectivity index (χ3v) is 11.6. The molecule has 0 radical (unpaired) electrons. The van der Waals surface area contributed by atoms with E-state index in [0.717, 1.165) is 22.3 Å². The number of aliphatic carboxylic acids is 1. The molecule has 23 nitrogen and oxygen atoms in total. The average Bonchev–Trinajstić information content (AvgIpc) is 3.77. The molecule has 1 unspecified atom stereocenters. The number of alkyl carbamates (subject to hydrolysis) is 2. The maximum absolute atomic E-state index is 13.6. The highest BCUT2D eigenvalue weighted by Crippen LogP contribution is 2.44. The van der Waals surface area contributed by atoms with Gasteiger partial charge in [-0.3, -0.25) is 9.59 Å². The predicted octanol–water partition coefficient (Wildman–Crippen LogP) is 7.78. The lowest BCUT2D eigenvalue weighted by Gasteiger charge is -2.42. The number of nitrogens with one attached hydrogen (secondary N) is 4. The van der Waals surface area contributed by atoms with E-state index in [9.17, 15) is 43.5 Å². The van der Waals surface area contributed by atoms with E-state index in [-0.39, 0.29) is 75.6 Å². The summed E-state index contributed by atoms with van der Waals surface area (Å²) in [5, 5.41) is 20.9. The first-order chi connectivity index (χ1) is 37.4. The number of alkyl halides is 1. The summed E-state index contributed by atoms with van der Waals surface area (Å²) in [6.45, 7) is 14.2. The van der Waals surface area contributed by atoms with Crippen molar-refractivity contribution in [1.29, 1.82) is 0 Å². The van der Waals surface area contributed by atoms with Gasteiger partial charge in [-0.25, -0.2) is 28.8 Å². The van der Waals surface area contributed by atoms with Crippen LogP contribution in [0.4, 0.5) is 29.7 Å². The number of carbonyl (C=O) groups excluding carboxylic acids is 7. The van der Waals surface area contributed by atoms with E-state index in [2.05, 4.69) is 41.0 Å². The molecule has 4 amide bonds. The highest BCUT2D eigenvalue weighted by molar-refractivity contribution is 6.17. The molecule has 24 heteroatoms. The second-order valence-corrected chi connectivity index (χ2v) is 18.4. The zero-order chi connectivity index (χ0) is 56.8. The van der Waals surface area contributed by atoms with E-state index in [1.54, 1.807) is 20.8 Å². The zero-order valence-corrected chi connectivity index (χ0v) is 44.0. The number of carboxylic acids is 1. The number of amides is 4. The zero-order valence-electron chi connectivity index (χ0n) is 43.2. The van der Waals surface area contributed by atoms with Crippen LogP contribution >= 0.6 is 11.6 Å². The van der Waals surface area contributed by atoms with Crippen LogP contribution in [0.15, 0.2) is 105 Å². The van der Waals surface area contributed by atoms with Crippen molar-refractivity contribution in [3.63, 3.8) is 0 Å². The van der Waals surface area contributed by atoms with Crippen molar-refractivity contribution in [2.75, 3.05) is 44.8 Å². The van der Waals surface area contributed by atoms with Crippen molar-refractivity contribution in [2.24, 2.45) is 0 Å². The average molecular weight is 1110 g/mol. The molecule has 0 spiro atoms. The van der Waals surface area contributed by atoms with Gasteiger partial charge in [0.2, 0.25) is 24.2 Å². The van der Waals surface area contributed by atoms with E-state index in [1.165, 1.54) is 36.4 Å². The second kappa shape index (κ2) is 29.8. The van der Waals surface area contributed by atoms with Crippen LogP contribution in [0.2, 0.25) is 0 Å². The molecule has 1 aliphatic heterocycles. The number of benzene rings is 3. The van der Waals surface area contributed by atoms with Gasteiger partial charge in [0.25, 0.3) is 0 Å².